The molecule has 3 aromatic rings. The number of nitrogens with zero attached hydrogens (tertiary/aromatic N) is 1. The summed E-state index contributed by atoms with van der Waals surface area (Å²) in [7, 11) is 0. The van der Waals surface area contributed by atoms with Gasteiger partial charge in [-0.25, -0.2) is 4.39 Å². The second-order valence-corrected chi connectivity index (χ2v) is 7.14. The molecule has 5 heteroatoms. The van der Waals surface area contributed by atoms with Crippen LogP contribution in [0.3, 0.4) is 0 Å². The number of halogens is 1. The van der Waals surface area contributed by atoms with E-state index in [-0.39, 0.29) is 17.6 Å². The SMILES string of the molecule is O=C(c1ccc(-c2cccs2)cc1F)N1CCOC(c2ccccc2)C1. The number of rotatable bonds is 3. The molecule has 4 rings (SSSR count). The van der Waals surface area contributed by atoms with Gasteiger partial charge in [-0.1, -0.05) is 42.5 Å². The van der Waals surface area contributed by atoms with Gasteiger partial charge in [-0.05, 0) is 34.7 Å². The normalized spacial score (nSPS) is 17.3. The first-order valence-electron chi connectivity index (χ1n) is 8.51. The first kappa shape index (κ1) is 16.9. The van der Waals surface area contributed by atoms with Gasteiger partial charge in [-0.15, -0.1) is 11.3 Å². The van der Waals surface area contributed by atoms with Gasteiger partial charge in [0.1, 0.15) is 11.9 Å². The monoisotopic (exact) mass is 367 g/mol. The molecule has 0 bridgehead atoms. The minimum atomic E-state index is -0.483. The largest absolute Gasteiger partial charge is 0.370 e. The van der Waals surface area contributed by atoms with Crippen LogP contribution in [0.4, 0.5) is 4.39 Å². The van der Waals surface area contributed by atoms with Gasteiger partial charge in [0.2, 0.25) is 0 Å². The third-order valence-electron chi connectivity index (χ3n) is 4.53. The summed E-state index contributed by atoms with van der Waals surface area (Å²) in [6.07, 6.45) is -0.178. The molecular formula is C21H18FNO2S. The summed E-state index contributed by atoms with van der Waals surface area (Å²) < 4.78 is 20.4. The lowest BCUT2D eigenvalue weighted by molar-refractivity contribution is -0.0229. The number of benzene rings is 2. The van der Waals surface area contributed by atoms with E-state index >= 15 is 0 Å². The Hall–Kier alpha value is -2.50. The van der Waals surface area contributed by atoms with Crippen molar-refractivity contribution in [1.29, 1.82) is 0 Å². The third-order valence-corrected chi connectivity index (χ3v) is 5.45. The van der Waals surface area contributed by atoms with Gasteiger partial charge in [0.25, 0.3) is 5.91 Å². The number of morpholine rings is 1. The van der Waals surface area contributed by atoms with E-state index in [2.05, 4.69) is 0 Å². The Morgan fingerprint density at radius 1 is 1.12 bits per heavy atom. The average molecular weight is 367 g/mol. The lowest BCUT2D eigenvalue weighted by Crippen LogP contribution is -2.42. The van der Waals surface area contributed by atoms with Crippen molar-refractivity contribution in [2.75, 3.05) is 19.7 Å². The molecule has 1 amide bonds. The van der Waals surface area contributed by atoms with E-state index in [9.17, 15) is 9.18 Å². The number of hydrogen-bond acceptors (Lipinski definition) is 3. The van der Waals surface area contributed by atoms with Crippen molar-refractivity contribution in [2.24, 2.45) is 0 Å². The lowest BCUT2D eigenvalue weighted by atomic mass is 10.1. The van der Waals surface area contributed by atoms with Gasteiger partial charge in [0, 0.05) is 11.4 Å². The van der Waals surface area contributed by atoms with Crippen LogP contribution < -0.4 is 0 Å². The molecule has 0 spiro atoms. The molecule has 0 aliphatic carbocycles. The molecule has 1 saturated heterocycles. The van der Waals surface area contributed by atoms with Crippen molar-refractivity contribution >= 4 is 17.2 Å². The molecule has 132 valence electrons. The topological polar surface area (TPSA) is 29.5 Å². The molecule has 0 N–H and O–H groups in total. The van der Waals surface area contributed by atoms with Gasteiger partial charge in [-0.2, -0.15) is 0 Å². The maximum Gasteiger partial charge on any atom is 0.257 e. The summed E-state index contributed by atoms with van der Waals surface area (Å²) in [6, 6.07) is 18.5. The Balaban J connectivity index is 1.53. The Kier molecular flexibility index (Phi) is 4.82. The van der Waals surface area contributed by atoms with E-state index in [1.54, 1.807) is 28.4 Å². The number of thiophene rings is 1. The van der Waals surface area contributed by atoms with Crippen LogP contribution in [0, 0.1) is 5.82 Å². The van der Waals surface area contributed by atoms with E-state index in [4.69, 9.17) is 4.74 Å². The van der Waals surface area contributed by atoms with E-state index in [1.807, 2.05) is 47.8 Å². The predicted octanol–water partition coefficient (Wildman–Crippen LogP) is 4.77. The lowest BCUT2D eigenvalue weighted by Gasteiger charge is -2.33. The van der Waals surface area contributed by atoms with Crippen LogP contribution >= 0.6 is 11.3 Å². The molecule has 2 aromatic carbocycles. The molecule has 0 radical (unpaired) electrons. The number of carbonyl (C=O) groups is 1. The first-order chi connectivity index (χ1) is 12.7. The van der Waals surface area contributed by atoms with Crippen molar-refractivity contribution in [1.82, 2.24) is 4.90 Å². The van der Waals surface area contributed by atoms with E-state index in [0.717, 1.165) is 16.0 Å². The van der Waals surface area contributed by atoms with Crippen LogP contribution in [-0.2, 0) is 4.74 Å². The zero-order chi connectivity index (χ0) is 17.9. The van der Waals surface area contributed by atoms with Gasteiger partial charge in [-0.3, -0.25) is 4.79 Å². The highest BCUT2D eigenvalue weighted by Gasteiger charge is 2.27. The zero-order valence-corrected chi connectivity index (χ0v) is 14.9. The van der Waals surface area contributed by atoms with Crippen LogP contribution in [0.2, 0.25) is 0 Å². The number of hydrogen-bond donors (Lipinski definition) is 0. The Morgan fingerprint density at radius 2 is 1.96 bits per heavy atom. The second-order valence-electron chi connectivity index (χ2n) is 6.19. The standard InChI is InChI=1S/C21H18FNO2S/c22-18-13-16(20-7-4-12-26-20)8-9-17(18)21(24)23-10-11-25-19(14-23)15-5-2-1-3-6-15/h1-9,12-13,19H,10-11,14H2. The third kappa shape index (κ3) is 3.41. The van der Waals surface area contributed by atoms with Gasteiger partial charge >= 0.3 is 0 Å². The van der Waals surface area contributed by atoms with Crippen molar-refractivity contribution in [3.05, 3.63) is 83.0 Å². The molecule has 26 heavy (non-hydrogen) atoms. The number of ether oxygens (including phenoxy) is 1. The molecule has 1 atom stereocenters. The van der Waals surface area contributed by atoms with Crippen molar-refractivity contribution in [2.45, 2.75) is 6.10 Å². The fourth-order valence-electron chi connectivity index (χ4n) is 3.16. The van der Waals surface area contributed by atoms with E-state index in [1.165, 1.54) is 6.07 Å². The maximum atomic E-state index is 14.6. The van der Waals surface area contributed by atoms with Crippen LogP contribution in [0.1, 0.15) is 22.0 Å². The fraction of sp³-hybridized carbons (Fsp3) is 0.190. The Bertz CT molecular complexity index is 896. The second kappa shape index (κ2) is 7.40. The highest BCUT2D eigenvalue weighted by Crippen LogP contribution is 2.28. The molecular weight excluding hydrogens is 349 g/mol. The quantitative estimate of drug-likeness (QED) is 0.667. The molecule has 1 fully saturated rings. The van der Waals surface area contributed by atoms with Crippen LogP contribution in [0.15, 0.2) is 66.0 Å². The molecule has 1 aliphatic rings. The number of carbonyl (C=O) groups excluding carboxylic acids is 1. The van der Waals surface area contributed by atoms with Crippen LogP contribution in [0.5, 0.6) is 0 Å². The molecule has 2 heterocycles. The van der Waals surface area contributed by atoms with Crippen molar-refractivity contribution in [3.63, 3.8) is 0 Å². The summed E-state index contributed by atoms with van der Waals surface area (Å²) >= 11 is 1.55. The molecule has 1 unspecified atom stereocenters. The summed E-state index contributed by atoms with van der Waals surface area (Å²) in [5.74, 6) is -0.770. The molecule has 1 aromatic heterocycles. The average Bonchev–Trinajstić information content (AvgIpc) is 3.23. The molecule has 1 aliphatic heterocycles. The summed E-state index contributed by atoms with van der Waals surface area (Å²) in [4.78, 5) is 15.5. The zero-order valence-electron chi connectivity index (χ0n) is 14.1. The Labute approximate surface area is 155 Å². The minimum Gasteiger partial charge on any atom is -0.370 e. The number of amides is 1. The van der Waals surface area contributed by atoms with Gasteiger partial charge in [0.05, 0.1) is 18.7 Å². The van der Waals surface area contributed by atoms with Crippen LogP contribution in [-0.4, -0.2) is 30.5 Å². The summed E-state index contributed by atoms with van der Waals surface area (Å²) in [5.41, 5.74) is 1.93. The van der Waals surface area contributed by atoms with E-state index in [0.29, 0.717) is 19.7 Å². The Morgan fingerprint density at radius 3 is 2.69 bits per heavy atom. The smallest absolute Gasteiger partial charge is 0.257 e. The summed E-state index contributed by atoms with van der Waals surface area (Å²) in [5, 5.41) is 1.95. The summed E-state index contributed by atoms with van der Waals surface area (Å²) in [6.45, 7) is 1.34. The van der Waals surface area contributed by atoms with Gasteiger partial charge in [0.15, 0.2) is 0 Å². The first-order valence-corrected chi connectivity index (χ1v) is 9.39. The minimum absolute atomic E-state index is 0.110. The molecule has 3 nitrogen and oxygen atoms in total. The van der Waals surface area contributed by atoms with Crippen molar-refractivity contribution in [3.8, 4) is 10.4 Å². The maximum absolute atomic E-state index is 14.6. The fourth-order valence-corrected chi connectivity index (χ4v) is 3.88. The van der Waals surface area contributed by atoms with Crippen LogP contribution in [0.25, 0.3) is 10.4 Å². The van der Waals surface area contributed by atoms with E-state index < -0.39 is 5.82 Å². The van der Waals surface area contributed by atoms with Gasteiger partial charge < -0.3 is 9.64 Å². The molecule has 0 saturated carbocycles. The highest BCUT2D eigenvalue weighted by molar-refractivity contribution is 7.13. The predicted molar refractivity (Wildman–Crippen MR) is 101 cm³/mol. The van der Waals surface area contributed by atoms with Crippen molar-refractivity contribution < 1.29 is 13.9 Å². The highest BCUT2D eigenvalue weighted by atomic mass is 32.1.